The van der Waals surface area contributed by atoms with Crippen molar-refractivity contribution in [2.75, 3.05) is 0 Å². The first-order valence-electron chi connectivity index (χ1n) is 18.3. The van der Waals surface area contributed by atoms with Crippen LogP contribution in [0.3, 0.4) is 0 Å². The molecule has 5 heteroatoms. The molecule has 0 radical (unpaired) electrons. The molecule has 2 aliphatic rings. The molecule has 54 heavy (non-hydrogen) atoms. The van der Waals surface area contributed by atoms with Crippen LogP contribution in [0, 0.1) is 12.3 Å². The van der Waals surface area contributed by atoms with Gasteiger partial charge in [-0.1, -0.05) is 127 Å². The van der Waals surface area contributed by atoms with Crippen LogP contribution in [0.15, 0.2) is 150 Å². The maximum absolute atomic E-state index is 7.43. The summed E-state index contributed by atoms with van der Waals surface area (Å²) in [6.45, 7) is 2.59. The second-order valence-corrected chi connectivity index (χ2v) is 15.0. The molecule has 2 heterocycles. The molecular weight excluding hydrogens is 679 g/mol. The number of hydrogen-bond donors (Lipinski definition) is 3. The van der Waals surface area contributed by atoms with E-state index in [1.54, 1.807) is 11.3 Å². The van der Waals surface area contributed by atoms with Crippen molar-refractivity contribution in [3.8, 4) is 11.1 Å². The molecule has 11 rings (SSSR count). The highest BCUT2D eigenvalue weighted by atomic mass is 32.1. The molecule has 0 unspecified atom stereocenters. The number of fused-ring (bicyclic) bond motifs is 6. The van der Waals surface area contributed by atoms with Gasteiger partial charge in [0, 0.05) is 43.1 Å². The van der Waals surface area contributed by atoms with E-state index in [9.17, 15) is 0 Å². The molecule has 2 aliphatic carbocycles. The normalized spacial score (nSPS) is 12.7. The molecule has 0 saturated heterocycles. The molecule has 0 fully saturated rings. The largest absolute Gasteiger partial charge is 0.456 e. The summed E-state index contributed by atoms with van der Waals surface area (Å²) in [5, 5.41) is 15.0. The summed E-state index contributed by atoms with van der Waals surface area (Å²) in [6, 6.07) is 46.4. The molecule has 2 aromatic heterocycles. The molecule has 0 spiro atoms. The Bertz CT molecular complexity index is 2960. The Kier molecular flexibility index (Phi) is 8.66. The van der Waals surface area contributed by atoms with Crippen molar-refractivity contribution in [1.82, 2.24) is 0 Å². The van der Waals surface area contributed by atoms with Gasteiger partial charge in [0.05, 0.1) is 0 Å². The van der Waals surface area contributed by atoms with Crippen LogP contribution in [0.25, 0.3) is 75.7 Å². The van der Waals surface area contributed by atoms with Crippen molar-refractivity contribution in [3.05, 3.63) is 179 Å². The number of nitrogen functional groups attached to an aromatic ring is 1. The van der Waals surface area contributed by atoms with E-state index in [4.69, 9.17) is 21.3 Å². The third-order valence-electron chi connectivity index (χ3n) is 10.6. The molecule has 0 amide bonds. The third-order valence-corrected chi connectivity index (χ3v) is 11.7. The molecular formula is C49H39N3OS. The van der Waals surface area contributed by atoms with E-state index in [0.29, 0.717) is 6.54 Å². The van der Waals surface area contributed by atoms with E-state index >= 15 is 0 Å². The molecule has 0 saturated carbocycles. The number of amidine groups is 1. The van der Waals surface area contributed by atoms with Gasteiger partial charge in [0.25, 0.3) is 0 Å². The highest BCUT2D eigenvalue weighted by molar-refractivity contribution is 7.25. The SMILES string of the molecule is Cc1ccccc1.N=C(N)c1ccc2c(c1)sc1ccccc12.NCc1cccc2oc3ccc(-c4ccc5c6c7c(ccc46)C=CCC7=CC5)cc3c12. The van der Waals surface area contributed by atoms with Crippen molar-refractivity contribution < 1.29 is 4.42 Å². The molecule has 9 aromatic rings. The highest BCUT2D eigenvalue weighted by Crippen LogP contribution is 2.44. The van der Waals surface area contributed by atoms with Gasteiger partial charge in [0.2, 0.25) is 0 Å². The standard InChI is InChI=1S/C29H21NO.C13H10N2S.C7H8/c30-16-21-5-2-6-26-28(21)24-15-20(11-14-25(24)31-26)22-12-9-19-8-7-17-3-1-4-18-10-13-23(22)29(19)27(17)18;14-13(15)8-5-6-10-9-3-1-2-4-11(9)16-12(10)7-8;1-7-5-3-2-4-6-7/h1-2,4-7,9-15H,3,8,16,30H2;1-7H,(H3,14,15);2-6H,1H3. The van der Waals surface area contributed by atoms with Gasteiger partial charge in [-0.3, -0.25) is 5.41 Å². The molecule has 7 aromatic carbocycles. The topological polar surface area (TPSA) is 89.0 Å². The van der Waals surface area contributed by atoms with Gasteiger partial charge in [-0.15, -0.1) is 11.3 Å². The maximum Gasteiger partial charge on any atom is 0.135 e. The minimum Gasteiger partial charge on any atom is -0.456 e. The Morgan fingerprint density at radius 2 is 1.52 bits per heavy atom. The van der Waals surface area contributed by atoms with Crippen molar-refractivity contribution in [3.63, 3.8) is 0 Å². The fourth-order valence-electron chi connectivity index (χ4n) is 7.94. The number of nitrogens with one attached hydrogen (secondary N) is 1. The summed E-state index contributed by atoms with van der Waals surface area (Å²) in [4.78, 5) is 0. The van der Waals surface area contributed by atoms with E-state index in [2.05, 4.69) is 97.9 Å². The van der Waals surface area contributed by atoms with Crippen LogP contribution in [0.4, 0.5) is 0 Å². The summed E-state index contributed by atoms with van der Waals surface area (Å²) < 4.78 is 8.58. The maximum atomic E-state index is 7.43. The first kappa shape index (κ1) is 33.6. The molecule has 0 bridgehead atoms. The number of furan rings is 1. The van der Waals surface area contributed by atoms with Gasteiger partial charge in [0.1, 0.15) is 17.0 Å². The van der Waals surface area contributed by atoms with Crippen LogP contribution in [0.2, 0.25) is 0 Å². The van der Waals surface area contributed by atoms with Crippen LogP contribution < -0.4 is 11.5 Å². The molecule has 262 valence electrons. The van der Waals surface area contributed by atoms with Gasteiger partial charge < -0.3 is 15.9 Å². The van der Waals surface area contributed by atoms with Crippen molar-refractivity contribution in [2.24, 2.45) is 11.5 Å². The smallest absolute Gasteiger partial charge is 0.135 e. The van der Waals surface area contributed by atoms with Crippen molar-refractivity contribution in [1.29, 1.82) is 5.41 Å². The zero-order chi connectivity index (χ0) is 36.8. The zero-order valence-electron chi connectivity index (χ0n) is 30.0. The highest BCUT2D eigenvalue weighted by Gasteiger charge is 2.21. The summed E-state index contributed by atoms with van der Waals surface area (Å²) in [6.07, 6.45) is 9.00. The minimum absolute atomic E-state index is 0.124. The van der Waals surface area contributed by atoms with Crippen LogP contribution in [0.5, 0.6) is 0 Å². The minimum atomic E-state index is 0.124. The monoisotopic (exact) mass is 717 g/mol. The Labute approximate surface area is 318 Å². The number of benzene rings is 7. The van der Waals surface area contributed by atoms with E-state index in [-0.39, 0.29) is 5.84 Å². The number of hydrogen-bond acceptors (Lipinski definition) is 4. The lowest BCUT2D eigenvalue weighted by Gasteiger charge is -2.24. The van der Waals surface area contributed by atoms with Gasteiger partial charge in [0.15, 0.2) is 0 Å². The molecule has 4 nitrogen and oxygen atoms in total. The number of rotatable bonds is 3. The van der Waals surface area contributed by atoms with E-state index < -0.39 is 0 Å². The van der Waals surface area contributed by atoms with E-state index in [1.807, 2.05) is 60.7 Å². The van der Waals surface area contributed by atoms with Gasteiger partial charge in [-0.05, 0) is 99.8 Å². The van der Waals surface area contributed by atoms with Gasteiger partial charge in [-0.25, -0.2) is 0 Å². The fourth-order valence-corrected chi connectivity index (χ4v) is 9.08. The number of nitrogens with two attached hydrogens (primary N) is 2. The first-order valence-corrected chi connectivity index (χ1v) is 19.1. The fraction of sp³-hybridized carbons (Fsp3) is 0.0816. The summed E-state index contributed by atoms with van der Waals surface area (Å²) >= 11 is 1.74. The van der Waals surface area contributed by atoms with Crippen LogP contribution >= 0.6 is 11.3 Å². The second-order valence-electron chi connectivity index (χ2n) is 13.9. The predicted octanol–water partition coefficient (Wildman–Crippen LogP) is 12.6. The Morgan fingerprint density at radius 3 is 2.33 bits per heavy atom. The Balaban J connectivity index is 0.000000138. The number of allylic oxidation sites excluding steroid dienone is 3. The van der Waals surface area contributed by atoms with Crippen molar-refractivity contribution >= 4 is 81.7 Å². The second kappa shape index (κ2) is 13.9. The summed E-state index contributed by atoms with van der Waals surface area (Å²) in [5.41, 5.74) is 24.7. The molecule has 5 N–H and O–H groups in total. The first-order chi connectivity index (χ1) is 26.5. The lowest BCUT2D eigenvalue weighted by Crippen LogP contribution is -2.10. The lowest BCUT2D eigenvalue weighted by atomic mass is 9.80. The number of thiophene rings is 1. The third kappa shape index (κ3) is 5.98. The lowest BCUT2D eigenvalue weighted by molar-refractivity contribution is 0.668. The zero-order valence-corrected chi connectivity index (χ0v) is 30.8. The Hall–Kier alpha value is -6.27. The quantitative estimate of drug-likeness (QED) is 0.126. The van der Waals surface area contributed by atoms with Crippen LogP contribution in [0.1, 0.15) is 39.8 Å². The van der Waals surface area contributed by atoms with E-state index in [1.165, 1.54) is 69.9 Å². The van der Waals surface area contributed by atoms with Gasteiger partial charge in [-0.2, -0.15) is 0 Å². The van der Waals surface area contributed by atoms with E-state index in [0.717, 1.165) is 45.9 Å². The average Bonchev–Trinajstić information content (AvgIpc) is 3.78. The van der Waals surface area contributed by atoms with Gasteiger partial charge >= 0.3 is 0 Å². The molecule has 0 aliphatic heterocycles. The Morgan fingerprint density at radius 1 is 0.704 bits per heavy atom. The number of aryl methyl sites for hydroxylation is 1. The van der Waals surface area contributed by atoms with Crippen LogP contribution in [-0.2, 0) is 13.0 Å². The van der Waals surface area contributed by atoms with Crippen molar-refractivity contribution in [2.45, 2.75) is 26.3 Å². The summed E-state index contributed by atoms with van der Waals surface area (Å²) in [5.74, 6) is 0.124. The van der Waals surface area contributed by atoms with Crippen LogP contribution in [-0.4, -0.2) is 5.84 Å². The molecule has 0 atom stereocenters. The average molecular weight is 718 g/mol. The predicted molar refractivity (Wildman–Crippen MR) is 231 cm³/mol. The summed E-state index contributed by atoms with van der Waals surface area (Å²) in [7, 11) is 0.